The molecular weight excluding hydrogens is 488 g/mol. The molecule has 0 aromatic heterocycles. The maximum atomic E-state index is 13.3. The standard InChI is InChI=1S/C28H36N4O4S/c33-27(19-26-28(34)29-14-17-32(26)37(35,36)23-9-3-1-4-10-23)30-25-11-7-8-22-18-21(12-13-24(22)25)20-31-15-5-2-6-16-31/h1,3-4,9-10,12-13,18,25-26H,2,5-8,11,14-17,19-20H2,(H,29,34)(H,30,33)/t25-,26?/m1/s1. The summed E-state index contributed by atoms with van der Waals surface area (Å²) >= 11 is 0. The van der Waals surface area contributed by atoms with Gasteiger partial charge in [-0.25, -0.2) is 8.42 Å². The highest BCUT2D eigenvalue weighted by Crippen LogP contribution is 2.31. The Bertz CT molecular complexity index is 1230. The highest BCUT2D eigenvalue weighted by Gasteiger charge is 2.40. The summed E-state index contributed by atoms with van der Waals surface area (Å²) in [6, 6.07) is 13.4. The topological polar surface area (TPSA) is 98.8 Å². The lowest BCUT2D eigenvalue weighted by Gasteiger charge is -2.34. The zero-order valence-corrected chi connectivity index (χ0v) is 22.0. The molecule has 1 unspecified atom stereocenters. The lowest BCUT2D eigenvalue weighted by Crippen LogP contribution is -2.58. The first-order valence-corrected chi connectivity index (χ1v) is 14.8. The quantitative estimate of drug-likeness (QED) is 0.580. The largest absolute Gasteiger partial charge is 0.353 e. The number of rotatable bonds is 7. The average Bonchev–Trinajstić information content (AvgIpc) is 2.91. The fourth-order valence-corrected chi connectivity index (χ4v) is 7.43. The van der Waals surface area contributed by atoms with E-state index in [1.807, 2.05) is 0 Å². The normalized spacial score (nSPS) is 23.2. The molecule has 0 spiro atoms. The van der Waals surface area contributed by atoms with Crippen LogP contribution < -0.4 is 10.6 Å². The van der Waals surface area contributed by atoms with Crippen molar-refractivity contribution in [1.82, 2.24) is 19.8 Å². The lowest BCUT2D eigenvalue weighted by molar-refractivity contribution is -0.132. The van der Waals surface area contributed by atoms with Crippen LogP contribution in [0.15, 0.2) is 53.4 Å². The summed E-state index contributed by atoms with van der Waals surface area (Å²) in [4.78, 5) is 28.5. The minimum atomic E-state index is -3.90. The van der Waals surface area contributed by atoms with Crippen LogP contribution in [0.1, 0.15) is 61.3 Å². The molecule has 2 atom stereocenters. The Labute approximate surface area is 219 Å². The molecule has 2 fully saturated rings. The van der Waals surface area contributed by atoms with Crippen molar-refractivity contribution in [3.8, 4) is 0 Å². The maximum Gasteiger partial charge on any atom is 0.243 e. The van der Waals surface area contributed by atoms with Gasteiger partial charge in [-0.1, -0.05) is 42.8 Å². The number of aryl methyl sites for hydroxylation is 1. The number of amides is 2. The first-order chi connectivity index (χ1) is 17.9. The number of carbonyl (C=O) groups excluding carboxylic acids is 2. The van der Waals surface area contributed by atoms with E-state index in [9.17, 15) is 18.0 Å². The third-order valence-corrected chi connectivity index (χ3v) is 9.64. The van der Waals surface area contributed by atoms with Crippen LogP contribution in [0.5, 0.6) is 0 Å². The molecule has 3 aliphatic rings. The highest BCUT2D eigenvalue weighted by molar-refractivity contribution is 7.89. The first kappa shape index (κ1) is 25.9. The smallest absolute Gasteiger partial charge is 0.243 e. The molecule has 2 heterocycles. The van der Waals surface area contributed by atoms with Crippen LogP contribution in [0, 0.1) is 0 Å². The number of nitrogens with zero attached hydrogens (tertiary/aromatic N) is 2. The monoisotopic (exact) mass is 524 g/mol. The van der Waals surface area contributed by atoms with E-state index >= 15 is 0 Å². The van der Waals surface area contributed by atoms with E-state index in [0.29, 0.717) is 0 Å². The minimum absolute atomic E-state index is 0.122. The van der Waals surface area contributed by atoms with Crippen LogP contribution in [0.2, 0.25) is 0 Å². The molecule has 5 rings (SSSR count). The summed E-state index contributed by atoms with van der Waals surface area (Å²) in [6.07, 6.45) is 6.43. The molecule has 198 valence electrons. The number of piperazine rings is 1. The number of hydrogen-bond donors (Lipinski definition) is 2. The molecule has 2 amide bonds. The van der Waals surface area contributed by atoms with Gasteiger partial charge in [0.1, 0.15) is 6.04 Å². The van der Waals surface area contributed by atoms with Crippen molar-refractivity contribution in [2.45, 2.75) is 68.5 Å². The van der Waals surface area contributed by atoms with Gasteiger partial charge in [0.2, 0.25) is 21.8 Å². The molecule has 0 bridgehead atoms. The molecule has 0 saturated carbocycles. The van der Waals surface area contributed by atoms with Gasteiger partial charge in [-0.05, 0) is 74.0 Å². The van der Waals surface area contributed by atoms with E-state index in [4.69, 9.17) is 0 Å². The Kier molecular flexibility index (Phi) is 7.92. The molecule has 37 heavy (non-hydrogen) atoms. The minimum Gasteiger partial charge on any atom is -0.353 e. The van der Waals surface area contributed by atoms with E-state index in [0.717, 1.165) is 44.5 Å². The molecule has 2 aromatic carbocycles. The van der Waals surface area contributed by atoms with Crippen molar-refractivity contribution in [1.29, 1.82) is 0 Å². The van der Waals surface area contributed by atoms with Crippen LogP contribution >= 0.6 is 0 Å². The molecule has 0 radical (unpaired) electrons. The second-order valence-electron chi connectivity index (χ2n) is 10.3. The van der Waals surface area contributed by atoms with E-state index in [-0.39, 0.29) is 36.4 Å². The third kappa shape index (κ3) is 5.89. The molecular formula is C28H36N4O4S. The molecule has 2 N–H and O–H groups in total. The number of hydrogen-bond acceptors (Lipinski definition) is 5. The van der Waals surface area contributed by atoms with Crippen molar-refractivity contribution in [2.75, 3.05) is 26.2 Å². The van der Waals surface area contributed by atoms with E-state index < -0.39 is 22.0 Å². The van der Waals surface area contributed by atoms with E-state index in [1.54, 1.807) is 18.2 Å². The number of fused-ring (bicyclic) bond motifs is 1. The van der Waals surface area contributed by atoms with Crippen molar-refractivity contribution >= 4 is 21.8 Å². The fourth-order valence-electron chi connectivity index (χ4n) is 5.82. The summed E-state index contributed by atoms with van der Waals surface area (Å²) < 4.78 is 27.7. The van der Waals surface area contributed by atoms with Gasteiger partial charge >= 0.3 is 0 Å². The predicted molar refractivity (Wildman–Crippen MR) is 141 cm³/mol. The second-order valence-corrected chi connectivity index (χ2v) is 12.2. The highest BCUT2D eigenvalue weighted by atomic mass is 32.2. The van der Waals surface area contributed by atoms with Crippen LogP contribution in [-0.4, -0.2) is 61.7 Å². The number of sulfonamides is 1. The van der Waals surface area contributed by atoms with Crippen LogP contribution in [0.4, 0.5) is 0 Å². The Morgan fingerprint density at radius 1 is 1.00 bits per heavy atom. The Morgan fingerprint density at radius 3 is 2.57 bits per heavy atom. The summed E-state index contributed by atoms with van der Waals surface area (Å²) in [7, 11) is -3.90. The Hall–Kier alpha value is -2.75. The first-order valence-electron chi connectivity index (χ1n) is 13.4. The van der Waals surface area contributed by atoms with E-state index in [1.165, 1.54) is 46.8 Å². The van der Waals surface area contributed by atoms with Crippen LogP contribution in [0.3, 0.4) is 0 Å². The van der Waals surface area contributed by atoms with Crippen molar-refractivity contribution < 1.29 is 18.0 Å². The van der Waals surface area contributed by atoms with Gasteiger partial charge in [-0.2, -0.15) is 4.31 Å². The molecule has 2 saturated heterocycles. The lowest BCUT2D eigenvalue weighted by atomic mass is 9.86. The SMILES string of the molecule is O=C(CC1C(=O)NCCN1S(=O)(=O)c1ccccc1)N[C@@H]1CCCc2cc(CN3CCCCC3)ccc21. The summed E-state index contributed by atoms with van der Waals surface area (Å²) in [5, 5.41) is 5.83. The van der Waals surface area contributed by atoms with Crippen molar-refractivity contribution in [2.24, 2.45) is 0 Å². The second kappa shape index (κ2) is 11.3. The van der Waals surface area contributed by atoms with Gasteiger partial charge in [0.15, 0.2) is 0 Å². The predicted octanol–water partition coefficient (Wildman–Crippen LogP) is 2.75. The van der Waals surface area contributed by atoms with E-state index in [2.05, 4.69) is 33.7 Å². The van der Waals surface area contributed by atoms with Gasteiger partial charge in [-0.3, -0.25) is 14.5 Å². The zero-order valence-electron chi connectivity index (χ0n) is 21.2. The molecule has 2 aliphatic heterocycles. The van der Waals surface area contributed by atoms with Gasteiger partial charge in [0, 0.05) is 19.6 Å². The van der Waals surface area contributed by atoms with Crippen molar-refractivity contribution in [3.05, 3.63) is 65.2 Å². The number of nitrogens with one attached hydrogen (secondary N) is 2. The van der Waals surface area contributed by atoms with Crippen LogP contribution in [0.25, 0.3) is 0 Å². The average molecular weight is 525 g/mol. The maximum absolute atomic E-state index is 13.3. The summed E-state index contributed by atoms with van der Waals surface area (Å²) in [6.45, 7) is 3.63. The Balaban J connectivity index is 1.27. The zero-order chi connectivity index (χ0) is 25.8. The number of likely N-dealkylation sites (tertiary alicyclic amines) is 1. The van der Waals surface area contributed by atoms with Gasteiger partial charge in [0.05, 0.1) is 17.4 Å². The van der Waals surface area contributed by atoms with Gasteiger partial charge < -0.3 is 10.6 Å². The summed E-state index contributed by atoms with van der Waals surface area (Å²) in [5.74, 6) is -0.752. The fraction of sp³-hybridized carbons (Fsp3) is 0.500. The number of piperidine rings is 1. The molecule has 1 aliphatic carbocycles. The molecule has 9 heteroatoms. The van der Waals surface area contributed by atoms with Crippen LogP contribution in [-0.2, 0) is 32.6 Å². The molecule has 8 nitrogen and oxygen atoms in total. The number of carbonyl (C=O) groups is 2. The summed E-state index contributed by atoms with van der Waals surface area (Å²) in [5.41, 5.74) is 3.71. The third-order valence-electron chi connectivity index (χ3n) is 7.72. The van der Waals surface area contributed by atoms with Crippen molar-refractivity contribution in [3.63, 3.8) is 0 Å². The van der Waals surface area contributed by atoms with Gasteiger partial charge in [-0.15, -0.1) is 0 Å². The molecule has 2 aromatic rings. The Morgan fingerprint density at radius 2 is 1.78 bits per heavy atom. The number of benzene rings is 2. The van der Waals surface area contributed by atoms with Gasteiger partial charge in [0.25, 0.3) is 0 Å².